The van der Waals surface area contributed by atoms with E-state index in [0.717, 1.165) is 23.1 Å². The van der Waals surface area contributed by atoms with Crippen molar-refractivity contribution >= 4 is 22.8 Å². The molecule has 1 aliphatic heterocycles. The van der Waals surface area contributed by atoms with Crippen molar-refractivity contribution in [3.63, 3.8) is 0 Å². The summed E-state index contributed by atoms with van der Waals surface area (Å²) in [5.41, 5.74) is 2.03. The number of fused-ring (bicyclic) bond motifs is 1. The lowest BCUT2D eigenvalue weighted by molar-refractivity contribution is -0.118. The van der Waals surface area contributed by atoms with Gasteiger partial charge in [0.2, 0.25) is 5.91 Å². The monoisotopic (exact) mass is 395 g/mol. The quantitative estimate of drug-likeness (QED) is 0.719. The zero-order valence-corrected chi connectivity index (χ0v) is 16.1. The molecule has 3 aromatic rings. The Labute approximate surface area is 167 Å². The van der Waals surface area contributed by atoms with E-state index in [4.69, 9.17) is 5.10 Å². The fraction of sp³-hybridized carbons (Fsp3) is 0.333. The van der Waals surface area contributed by atoms with E-state index in [1.165, 1.54) is 19.1 Å². The lowest BCUT2D eigenvalue weighted by atomic mass is 10.0. The Morgan fingerprint density at radius 3 is 2.93 bits per heavy atom. The lowest BCUT2D eigenvalue weighted by Crippen LogP contribution is -2.28. The van der Waals surface area contributed by atoms with Crippen LogP contribution in [0.15, 0.2) is 42.6 Å². The standard InChI is InChI=1S/C21H22FN5O2/c1-14(28)23-9-11-27-20-18(6-3-8-24-20)19(25-27)16-7-10-26(13-16)21(29)15-4-2-5-17(22)12-15/h2-6,8,12,16H,7,9-11,13H2,1H3,(H,23,28). The van der Waals surface area contributed by atoms with Crippen molar-refractivity contribution in [1.29, 1.82) is 0 Å². The van der Waals surface area contributed by atoms with Gasteiger partial charge in [0, 0.05) is 49.6 Å². The number of carbonyl (C=O) groups is 2. The maximum atomic E-state index is 13.5. The van der Waals surface area contributed by atoms with Crippen LogP contribution in [0.5, 0.6) is 0 Å². The summed E-state index contributed by atoms with van der Waals surface area (Å²) in [6.07, 6.45) is 2.50. The third-order valence-electron chi connectivity index (χ3n) is 5.17. The highest BCUT2D eigenvalue weighted by molar-refractivity contribution is 5.94. The van der Waals surface area contributed by atoms with Gasteiger partial charge >= 0.3 is 0 Å². The Bertz CT molecular complexity index is 1060. The predicted molar refractivity (Wildman–Crippen MR) is 106 cm³/mol. The van der Waals surface area contributed by atoms with Crippen molar-refractivity contribution in [1.82, 2.24) is 25.0 Å². The predicted octanol–water partition coefficient (Wildman–Crippen LogP) is 2.34. The number of benzene rings is 1. The summed E-state index contributed by atoms with van der Waals surface area (Å²) < 4.78 is 15.3. The topological polar surface area (TPSA) is 80.1 Å². The van der Waals surface area contributed by atoms with Gasteiger partial charge in [0.15, 0.2) is 5.65 Å². The van der Waals surface area contributed by atoms with E-state index < -0.39 is 5.82 Å². The summed E-state index contributed by atoms with van der Waals surface area (Å²) in [4.78, 5) is 30.1. The molecular formula is C21H22FN5O2. The highest BCUT2D eigenvalue weighted by Crippen LogP contribution is 2.32. The molecule has 1 atom stereocenters. The first-order valence-corrected chi connectivity index (χ1v) is 9.63. The van der Waals surface area contributed by atoms with Crippen LogP contribution in [0.2, 0.25) is 0 Å². The summed E-state index contributed by atoms with van der Waals surface area (Å²) in [5, 5.41) is 8.48. The molecule has 1 unspecified atom stereocenters. The first kappa shape index (κ1) is 19.0. The fourth-order valence-corrected chi connectivity index (χ4v) is 3.80. The minimum Gasteiger partial charge on any atom is -0.354 e. The van der Waals surface area contributed by atoms with Crippen LogP contribution in [0, 0.1) is 5.82 Å². The van der Waals surface area contributed by atoms with E-state index in [2.05, 4.69) is 10.3 Å². The molecule has 150 valence electrons. The van der Waals surface area contributed by atoms with Gasteiger partial charge in [0.25, 0.3) is 5.91 Å². The second kappa shape index (κ2) is 7.98. The Morgan fingerprint density at radius 1 is 1.28 bits per heavy atom. The highest BCUT2D eigenvalue weighted by Gasteiger charge is 2.31. The van der Waals surface area contributed by atoms with E-state index in [9.17, 15) is 14.0 Å². The number of nitrogens with one attached hydrogen (secondary N) is 1. The number of likely N-dealkylation sites (tertiary alicyclic amines) is 1. The van der Waals surface area contributed by atoms with Gasteiger partial charge < -0.3 is 10.2 Å². The molecule has 7 nitrogen and oxygen atoms in total. The minimum atomic E-state index is -0.415. The van der Waals surface area contributed by atoms with Crippen LogP contribution < -0.4 is 5.32 Å². The molecule has 0 radical (unpaired) electrons. The van der Waals surface area contributed by atoms with E-state index >= 15 is 0 Å². The number of rotatable bonds is 5. The SMILES string of the molecule is CC(=O)NCCn1nc(C2CCN(C(=O)c3cccc(F)c3)C2)c2cccnc21. The molecule has 1 fully saturated rings. The van der Waals surface area contributed by atoms with Crippen LogP contribution in [-0.4, -0.2) is 51.1 Å². The van der Waals surface area contributed by atoms with Crippen molar-refractivity contribution in [2.75, 3.05) is 19.6 Å². The van der Waals surface area contributed by atoms with Gasteiger partial charge in [-0.3, -0.25) is 9.59 Å². The summed E-state index contributed by atoms with van der Waals surface area (Å²) in [6.45, 7) is 3.60. The third kappa shape index (κ3) is 3.96. The zero-order chi connectivity index (χ0) is 20.4. The Balaban J connectivity index is 1.54. The Hall–Kier alpha value is -3.29. The average Bonchev–Trinajstić information content (AvgIpc) is 3.32. The first-order valence-electron chi connectivity index (χ1n) is 9.63. The van der Waals surface area contributed by atoms with Gasteiger partial charge in [0.1, 0.15) is 5.82 Å². The van der Waals surface area contributed by atoms with E-state index in [0.29, 0.717) is 31.7 Å². The molecule has 1 saturated heterocycles. The van der Waals surface area contributed by atoms with Crippen LogP contribution in [0.25, 0.3) is 11.0 Å². The summed E-state index contributed by atoms with van der Waals surface area (Å²) >= 11 is 0. The van der Waals surface area contributed by atoms with Gasteiger partial charge in [-0.2, -0.15) is 5.10 Å². The number of pyridine rings is 1. The van der Waals surface area contributed by atoms with Crippen LogP contribution in [0.4, 0.5) is 4.39 Å². The molecule has 29 heavy (non-hydrogen) atoms. The summed E-state index contributed by atoms with van der Waals surface area (Å²) in [7, 11) is 0. The second-order valence-electron chi connectivity index (χ2n) is 7.21. The van der Waals surface area contributed by atoms with Crippen molar-refractivity contribution in [3.05, 3.63) is 59.7 Å². The van der Waals surface area contributed by atoms with Gasteiger partial charge in [-0.05, 0) is 36.8 Å². The molecular weight excluding hydrogens is 373 g/mol. The van der Waals surface area contributed by atoms with Gasteiger partial charge in [-0.1, -0.05) is 6.07 Å². The number of hydrogen-bond donors (Lipinski definition) is 1. The molecule has 2 aromatic heterocycles. The normalized spacial score (nSPS) is 16.3. The smallest absolute Gasteiger partial charge is 0.253 e. The molecule has 3 heterocycles. The van der Waals surface area contributed by atoms with Crippen LogP contribution >= 0.6 is 0 Å². The van der Waals surface area contributed by atoms with Crippen molar-refractivity contribution < 1.29 is 14.0 Å². The first-order chi connectivity index (χ1) is 14.0. The average molecular weight is 395 g/mol. The molecule has 4 rings (SSSR count). The molecule has 0 aliphatic carbocycles. The Morgan fingerprint density at radius 2 is 2.14 bits per heavy atom. The van der Waals surface area contributed by atoms with Gasteiger partial charge in [0.05, 0.1) is 12.2 Å². The van der Waals surface area contributed by atoms with Gasteiger partial charge in [-0.15, -0.1) is 0 Å². The maximum Gasteiger partial charge on any atom is 0.253 e. The molecule has 0 saturated carbocycles. The minimum absolute atomic E-state index is 0.0845. The third-order valence-corrected chi connectivity index (χ3v) is 5.17. The van der Waals surface area contributed by atoms with Gasteiger partial charge in [-0.25, -0.2) is 14.1 Å². The van der Waals surface area contributed by atoms with Crippen LogP contribution in [0.1, 0.15) is 35.3 Å². The largest absolute Gasteiger partial charge is 0.354 e. The maximum absolute atomic E-state index is 13.5. The number of carbonyl (C=O) groups excluding carboxylic acids is 2. The molecule has 1 N–H and O–H groups in total. The molecule has 1 aliphatic rings. The number of halogens is 1. The molecule has 8 heteroatoms. The van der Waals surface area contributed by atoms with Crippen LogP contribution in [0.3, 0.4) is 0 Å². The second-order valence-corrected chi connectivity index (χ2v) is 7.21. The number of nitrogens with zero attached hydrogens (tertiary/aromatic N) is 4. The van der Waals surface area contributed by atoms with E-state index in [-0.39, 0.29) is 17.7 Å². The molecule has 0 bridgehead atoms. The van der Waals surface area contributed by atoms with Crippen molar-refractivity contribution in [2.24, 2.45) is 0 Å². The molecule has 2 amide bonds. The van der Waals surface area contributed by atoms with E-state index in [1.54, 1.807) is 27.9 Å². The number of hydrogen-bond acceptors (Lipinski definition) is 4. The number of aromatic nitrogens is 3. The zero-order valence-electron chi connectivity index (χ0n) is 16.1. The number of amides is 2. The Kier molecular flexibility index (Phi) is 5.24. The molecule has 1 aromatic carbocycles. The fourth-order valence-electron chi connectivity index (χ4n) is 3.80. The van der Waals surface area contributed by atoms with Crippen molar-refractivity contribution in [2.45, 2.75) is 25.8 Å². The van der Waals surface area contributed by atoms with Crippen molar-refractivity contribution in [3.8, 4) is 0 Å². The van der Waals surface area contributed by atoms with Crippen LogP contribution in [-0.2, 0) is 11.3 Å². The molecule has 0 spiro atoms. The van der Waals surface area contributed by atoms with E-state index in [1.807, 2.05) is 12.1 Å². The lowest BCUT2D eigenvalue weighted by Gasteiger charge is -2.16. The highest BCUT2D eigenvalue weighted by atomic mass is 19.1. The summed E-state index contributed by atoms with van der Waals surface area (Å²) in [6, 6.07) is 9.63. The summed E-state index contributed by atoms with van der Waals surface area (Å²) in [5.74, 6) is -0.584.